The number of carbonyl (C=O) groups is 1. The minimum Gasteiger partial charge on any atom is -0.497 e. The Morgan fingerprint density at radius 3 is 2.00 bits per heavy atom. The molecule has 0 N–H and O–H groups in total. The molecule has 0 spiro atoms. The zero-order valence-corrected chi connectivity index (χ0v) is 35.6. The summed E-state index contributed by atoms with van der Waals surface area (Å²) in [5, 5.41) is 0.498. The van der Waals surface area contributed by atoms with Gasteiger partial charge in [-0.05, 0) is 113 Å². The van der Waals surface area contributed by atoms with Crippen molar-refractivity contribution < 1.29 is 36.6 Å². The Morgan fingerprint density at radius 2 is 1.50 bits per heavy atom. The summed E-state index contributed by atoms with van der Waals surface area (Å²) < 4.78 is 79.7. The predicted octanol–water partition coefficient (Wildman–Crippen LogP) is 9.45. The first kappa shape index (κ1) is 43.1. The van der Waals surface area contributed by atoms with E-state index in [1.807, 2.05) is 94.3 Å². The van der Waals surface area contributed by atoms with Crippen molar-refractivity contribution in [3.05, 3.63) is 93.8 Å². The molecular formula is C44H55F4N5O4S. The number of thioether (sulfide) groups is 1. The zero-order valence-electron chi connectivity index (χ0n) is 34.8. The molecule has 5 atom stereocenters. The molecule has 1 fully saturated rings. The van der Waals surface area contributed by atoms with Crippen LogP contribution in [0, 0.1) is 17.8 Å². The lowest BCUT2D eigenvalue weighted by Gasteiger charge is -2.45. The maximum absolute atomic E-state index is 17.7. The smallest absolute Gasteiger partial charge is 0.413 e. The van der Waals surface area contributed by atoms with Crippen LogP contribution in [0.1, 0.15) is 63.9 Å². The second-order valence-electron chi connectivity index (χ2n) is 16.6. The van der Waals surface area contributed by atoms with Crippen LogP contribution in [0.5, 0.6) is 11.5 Å². The number of halogens is 4. The highest BCUT2D eigenvalue weighted by Gasteiger charge is 2.52. The average Bonchev–Trinajstić information content (AvgIpc) is 3.17. The van der Waals surface area contributed by atoms with Crippen molar-refractivity contribution >= 4 is 23.7 Å². The number of benzene rings is 2. The molecule has 1 aromatic heterocycles. The minimum absolute atomic E-state index is 0.0127. The van der Waals surface area contributed by atoms with Gasteiger partial charge in [-0.3, -0.25) is 0 Å². The normalized spacial score (nSPS) is 22.6. The lowest BCUT2D eigenvalue weighted by atomic mass is 9.65. The van der Waals surface area contributed by atoms with E-state index in [0.717, 1.165) is 22.5 Å². The molecule has 1 aliphatic heterocycles. The van der Waals surface area contributed by atoms with Gasteiger partial charge in [0, 0.05) is 61.5 Å². The summed E-state index contributed by atoms with van der Waals surface area (Å²) in [5.41, 5.74) is 2.02. The molecule has 1 amide bonds. The Bertz CT molecular complexity index is 1950. The van der Waals surface area contributed by atoms with E-state index in [9.17, 15) is 4.79 Å². The number of rotatable bonds is 10. The molecule has 3 aromatic rings. The third kappa shape index (κ3) is 9.53. The van der Waals surface area contributed by atoms with Crippen molar-refractivity contribution in [2.75, 3.05) is 45.0 Å². The number of piperazine rings is 1. The van der Waals surface area contributed by atoms with E-state index >= 15 is 17.6 Å². The molecule has 2 heterocycles. The second-order valence-corrected chi connectivity index (χ2v) is 17.4. The number of aromatic nitrogens is 2. The van der Waals surface area contributed by atoms with Crippen LogP contribution in [0.4, 0.5) is 28.2 Å². The van der Waals surface area contributed by atoms with Gasteiger partial charge in [-0.2, -0.15) is 13.2 Å². The number of allylic oxidation sites excluding steroid dienone is 4. The maximum atomic E-state index is 17.7. The molecule has 58 heavy (non-hydrogen) atoms. The number of hydrogen-bond donors (Lipinski definition) is 0. The van der Waals surface area contributed by atoms with Crippen LogP contribution in [-0.4, -0.2) is 90.0 Å². The molecule has 0 saturated carbocycles. The van der Waals surface area contributed by atoms with Crippen LogP contribution in [0.15, 0.2) is 76.6 Å². The first-order chi connectivity index (χ1) is 27.4. The minimum atomic E-state index is -4.75. The largest absolute Gasteiger partial charge is 0.497 e. The lowest BCUT2D eigenvalue weighted by molar-refractivity contribution is -0.108. The quantitative estimate of drug-likeness (QED) is 0.113. The van der Waals surface area contributed by atoms with Gasteiger partial charge in [-0.1, -0.05) is 43.0 Å². The molecular weight excluding hydrogens is 771 g/mol. The lowest BCUT2D eigenvalue weighted by Crippen LogP contribution is -2.55. The number of anilines is 1. The van der Waals surface area contributed by atoms with Crippen molar-refractivity contribution in [2.24, 2.45) is 17.8 Å². The van der Waals surface area contributed by atoms with E-state index < -0.39 is 35.4 Å². The van der Waals surface area contributed by atoms with Crippen LogP contribution in [0.3, 0.4) is 0 Å². The van der Waals surface area contributed by atoms with Gasteiger partial charge in [0.15, 0.2) is 5.16 Å². The van der Waals surface area contributed by atoms with E-state index in [4.69, 9.17) is 24.2 Å². The van der Waals surface area contributed by atoms with Crippen molar-refractivity contribution in [2.45, 2.75) is 96.6 Å². The van der Waals surface area contributed by atoms with Crippen molar-refractivity contribution in [1.82, 2.24) is 19.8 Å². The molecule has 2 aliphatic carbocycles. The number of carbonyl (C=O) groups excluding carboxylic acids is 1. The summed E-state index contributed by atoms with van der Waals surface area (Å²) in [6.45, 7) is 12.8. The number of alkyl halides is 4. The van der Waals surface area contributed by atoms with Gasteiger partial charge in [0.05, 0.1) is 19.9 Å². The van der Waals surface area contributed by atoms with E-state index in [1.54, 1.807) is 19.1 Å². The molecule has 1 saturated heterocycles. The predicted molar refractivity (Wildman–Crippen MR) is 219 cm³/mol. The SMILES string of the molecule is COc1ccc(CN(Cc2ccc(OC)cc2)C2=CC(C)=C(C(F)(F)F)C([C@@H]3Cc4nc(SC)nc(N5CCN(C(=O)OC(C)(C)C)C[C@@H]5C)c4C[C@H]3C)C2F)cc1. The topological polar surface area (TPSA) is 80.3 Å². The van der Waals surface area contributed by atoms with Gasteiger partial charge in [-0.15, -0.1) is 0 Å². The van der Waals surface area contributed by atoms with Crippen LogP contribution < -0.4 is 14.4 Å². The van der Waals surface area contributed by atoms with E-state index in [2.05, 4.69) is 4.90 Å². The monoisotopic (exact) mass is 825 g/mol. The van der Waals surface area contributed by atoms with Gasteiger partial charge < -0.3 is 28.9 Å². The highest BCUT2D eigenvalue weighted by Crippen LogP contribution is 2.51. The number of amides is 1. The highest BCUT2D eigenvalue weighted by atomic mass is 32.2. The van der Waals surface area contributed by atoms with Crippen LogP contribution in [0.25, 0.3) is 0 Å². The van der Waals surface area contributed by atoms with Crippen molar-refractivity contribution in [3.8, 4) is 11.5 Å². The molecule has 14 heteroatoms. The molecule has 314 valence electrons. The maximum Gasteiger partial charge on any atom is 0.413 e. The van der Waals surface area contributed by atoms with E-state index in [1.165, 1.54) is 24.8 Å². The first-order valence-corrected chi connectivity index (χ1v) is 21.0. The standard InChI is InChI=1S/C44H55F4N5O4S/c1-26-20-34-35(49-41(58-9)50-40(34)53-19-18-51(23-28(53)3)42(54)57-43(4,5)6)22-33(26)37-38(44(46,47)48)27(2)21-36(39(37)45)52(24-29-10-14-31(55-7)15-11-29)25-30-12-16-32(56-8)17-13-30/h10-17,21,26,28,33,37,39H,18-20,22-25H2,1-9H3/t26-,28+,33-,37?,39?/m1/s1. The number of nitrogens with zero attached hydrogens (tertiary/aromatic N) is 5. The van der Waals surface area contributed by atoms with E-state index in [-0.39, 0.29) is 48.8 Å². The van der Waals surface area contributed by atoms with Crippen LogP contribution in [0.2, 0.25) is 0 Å². The second kappa shape index (κ2) is 17.4. The molecule has 2 aromatic carbocycles. The molecule has 2 unspecified atom stereocenters. The Morgan fingerprint density at radius 1 is 0.914 bits per heavy atom. The Kier molecular flexibility index (Phi) is 12.9. The summed E-state index contributed by atoms with van der Waals surface area (Å²) >= 11 is 1.36. The fourth-order valence-electron chi connectivity index (χ4n) is 8.57. The van der Waals surface area contributed by atoms with E-state index in [0.29, 0.717) is 48.4 Å². The fraction of sp³-hybridized carbons (Fsp3) is 0.523. The Labute approximate surface area is 343 Å². The first-order valence-electron chi connectivity index (χ1n) is 19.7. The molecule has 3 aliphatic rings. The third-order valence-corrected chi connectivity index (χ3v) is 11.9. The number of methoxy groups -OCH3 is 2. The number of ether oxygens (including phenoxy) is 3. The van der Waals surface area contributed by atoms with Crippen molar-refractivity contribution in [1.29, 1.82) is 0 Å². The zero-order chi connectivity index (χ0) is 42.1. The fourth-order valence-corrected chi connectivity index (χ4v) is 8.95. The van der Waals surface area contributed by atoms with Gasteiger partial charge >= 0.3 is 12.3 Å². The van der Waals surface area contributed by atoms with Crippen molar-refractivity contribution in [3.63, 3.8) is 0 Å². The van der Waals surface area contributed by atoms with Gasteiger partial charge in [-0.25, -0.2) is 19.2 Å². The van der Waals surface area contributed by atoms with Gasteiger partial charge in [0.25, 0.3) is 0 Å². The summed E-state index contributed by atoms with van der Waals surface area (Å²) in [5.74, 6) is -0.451. The highest BCUT2D eigenvalue weighted by molar-refractivity contribution is 7.98. The summed E-state index contributed by atoms with van der Waals surface area (Å²) in [6.07, 6.45) is -3.27. The summed E-state index contributed by atoms with van der Waals surface area (Å²) in [6, 6.07) is 14.7. The molecule has 9 nitrogen and oxygen atoms in total. The Hall–Kier alpha value is -4.46. The summed E-state index contributed by atoms with van der Waals surface area (Å²) in [4.78, 5) is 28.5. The van der Waals surface area contributed by atoms with Crippen LogP contribution in [-0.2, 0) is 30.7 Å². The summed E-state index contributed by atoms with van der Waals surface area (Å²) in [7, 11) is 3.15. The molecule has 6 rings (SSSR count). The van der Waals surface area contributed by atoms with Crippen LogP contribution >= 0.6 is 11.8 Å². The molecule has 0 bridgehead atoms. The number of hydrogen-bond acceptors (Lipinski definition) is 9. The Balaban J connectivity index is 1.35. The third-order valence-electron chi connectivity index (χ3n) is 11.4. The average molecular weight is 826 g/mol. The number of fused-ring (bicyclic) bond motifs is 1. The van der Waals surface area contributed by atoms with Gasteiger partial charge in [0.2, 0.25) is 0 Å². The van der Waals surface area contributed by atoms with Gasteiger partial charge in [0.1, 0.15) is 29.1 Å². The molecule has 0 radical (unpaired) electrons.